The van der Waals surface area contributed by atoms with Gasteiger partial charge in [-0.05, 0) is 38.5 Å². The monoisotopic (exact) mass is 558 g/mol. The normalized spacial score (nSPS) is 20.9. The lowest BCUT2D eigenvalue weighted by Gasteiger charge is -2.45. The van der Waals surface area contributed by atoms with Crippen LogP contribution in [-0.2, 0) is 16.6 Å². The summed E-state index contributed by atoms with van der Waals surface area (Å²) in [6, 6.07) is 8.26. The average Bonchev–Trinajstić information content (AvgIpc) is 3.33. The number of para-hydroxylation sites is 1. The topological polar surface area (TPSA) is 85.5 Å². The van der Waals surface area contributed by atoms with Crippen LogP contribution in [0.25, 0.3) is 32.9 Å². The Morgan fingerprint density at radius 2 is 2.02 bits per heavy atom. The van der Waals surface area contributed by atoms with Gasteiger partial charge in [-0.3, -0.25) is 14.0 Å². The molecule has 0 bridgehead atoms. The molecule has 9 nitrogen and oxygen atoms in total. The Morgan fingerprint density at radius 3 is 2.77 bits per heavy atom. The Balaban J connectivity index is 1.62. The SMILES string of the molecule is C=CC(=O)N1C[C@H](C)N(c2nc(=O)n3c4c(c(-c5cccc6cnn(C)c56)c(C)cc24)SC[C@@H]3COC)C[C@H]1C. The quantitative estimate of drug-likeness (QED) is 0.340. The molecule has 40 heavy (non-hydrogen) atoms. The van der Waals surface area contributed by atoms with E-state index in [0.717, 1.165) is 43.4 Å². The number of methoxy groups -OCH3 is 1. The van der Waals surface area contributed by atoms with E-state index in [9.17, 15) is 9.59 Å². The largest absolute Gasteiger partial charge is 0.383 e. The maximum atomic E-state index is 13.8. The summed E-state index contributed by atoms with van der Waals surface area (Å²) in [4.78, 5) is 36.1. The molecule has 1 amide bonds. The summed E-state index contributed by atoms with van der Waals surface area (Å²) in [5, 5.41) is 6.54. The van der Waals surface area contributed by atoms with Gasteiger partial charge in [0.25, 0.3) is 0 Å². The number of anilines is 1. The van der Waals surface area contributed by atoms with Gasteiger partial charge in [0.2, 0.25) is 5.91 Å². The second kappa shape index (κ2) is 10.1. The molecule has 2 aromatic carbocycles. The summed E-state index contributed by atoms with van der Waals surface area (Å²) < 4.78 is 9.29. The first-order valence-corrected chi connectivity index (χ1v) is 14.6. The summed E-state index contributed by atoms with van der Waals surface area (Å²) in [7, 11) is 3.63. The van der Waals surface area contributed by atoms with Crippen molar-refractivity contribution < 1.29 is 9.53 Å². The Kier molecular flexibility index (Phi) is 6.70. The molecule has 0 aliphatic carbocycles. The van der Waals surface area contributed by atoms with Crippen molar-refractivity contribution in [3.8, 4) is 11.1 Å². The number of hydrogen-bond donors (Lipinski definition) is 0. The Morgan fingerprint density at radius 1 is 1.23 bits per heavy atom. The summed E-state index contributed by atoms with van der Waals surface area (Å²) in [6.45, 7) is 11.4. The minimum Gasteiger partial charge on any atom is -0.383 e. The third kappa shape index (κ3) is 4.04. The van der Waals surface area contributed by atoms with Crippen LogP contribution in [0.5, 0.6) is 0 Å². The highest BCUT2D eigenvalue weighted by Gasteiger charge is 2.35. The number of nitrogens with zero attached hydrogens (tertiary/aromatic N) is 6. The van der Waals surface area contributed by atoms with E-state index in [1.807, 2.05) is 34.3 Å². The second-order valence-corrected chi connectivity index (χ2v) is 11.9. The molecule has 10 heteroatoms. The van der Waals surface area contributed by atoms with Crippen LogP contribution >= 0.6 is 11.8 Å². The summed E-state index contributed by atoms with van der Waals surface area (Å²) >= 11 is 1.77. The molecular weight excluding hydrogens is 524 g/mol. The van der Waals surface area contributed by atoms with Crippen molar-refractivity contribution >= 4 is 45.3 Å². The van der Waals surface area contributed by atoms with Gasteiger partial charge in [0.1, 0.15) is 5.82 Å². The number of amides is 1. The maximum Gasteiger partial charge on any atom is 0.350 e. The van der Waals surface area contributed by atoms with Gasteiger partial charge in [-0.15, -0.1) is 11.8 Å². The molecule has 208 valence electrons. The number of thioether (sulfide) groups is 1. The van der Waals surface area contributed by atoms with Crippen molar-refractivity contribution in [2.45, 2.75) is 43.8 Å². The standard InChI is InChI=1S/C30H34N6O3S/c1-7-24(37)34-13-19(4)35(14-18(34)3)29-23-11-17(2)25(22-10-8-9-20-12-31-33(5)26(20)22)28-27(23)36(30(38)32-29)21(15-39-6)16-40-28/h7-12,18-19,21H,1,13-16H2,2-6H3/t18-,19+,21+/m1/s1. The van der Waals surface area contributed by atoms with Crippen molar-refractivity contribution in [1.82, 2.24) is 24.2 Å². The molecule has 1 saturated heterocycles. The zero-order chi connectivity index (χ0) is 28.3. The van der Waals surface area contributed by atoms with Gasteiger partial charge < -0.3 is 14.5 Å². The van der Waals surface area contributed by atoms with Crippen molar-refractivity contribution in [1.29, 1.82) is 0 Å². The molecule has 2 aliphatic rings. The molecule has 4 aromatic rings. The first kappa shape index (κ1) is 26.6. The van der Waals surface area contributed by atoms with Crippen LogP contribution in [0.3, 0.4) is 0 Å². The molecule has 0 spiro atoms. The van der Waals surface area contributed by atoms with Crippen molar-refractivity contribution in [3.63, 3.8) is 0 Å². The summed E-state index contributed by atoms with van der Waals surface area (Å²) in [6.07, 6.45) is 3.26. The number of aromatic nitrogens is 4. The van der Waals surface area contributed by atoms with Crippen LogP contribution in [0, 0.1) is 6.92 Å². The fourth-order valence-electron chi connectivity index (χ4n) is 6.37. The van der Waals surface area contributed by atoms with Crippen LogP contribution in [0.4, 0.5) is 5.82 Å². The molecule has 3 atom stereocenters. The van der Waals surface area contributed by atoms with E-state index in [-0.39, 0.29) is 29.7 Å². The number of piperazine rings is 1. The van der Waals surface area contributed by atoms with Crippen molar-refractivity contribution in [2.24, 2.45) is 7.05 Å². The van der Waals surface area contributed by atoms with Gasteiger partial charge in [-0.1, -0.05) is 24.8 Å². The van der Waals surface area contributed by atoms with Gasteiger partial charge >= 0.3 is 5.69 Å². The summed E-state index contributed by atoms with van der Waals surface area (Å²) in [5.74, 6) is 1.31. The number of benzene rings is 2. The molecule has 2 aromatic heterocycles. The lowest BCUT2D eigenvalue weighted by atomic mass is 9.95. The average molecular weight is 559 g/mol. The molecule has 0 radical (unpaired) electrons. The Labute approximate surface area is 237 Å². The van der Waals surface area contributed by atoms with E-state index in [4.69, 9.17) is 9.72 Å². The van der Waals surface area contributed by atoms with Crippen molar-refractivity contribution in [2.75, 3.05) is 37.5 Å². The van der Waals surface area contributed by atoms with E-state index < -0.39 is 0 Å². The van der Waals surface area contributed by atoms with E-state index in [2.05, 4.69) is 54.7 Å². The zero-order valence-corrected chi connectivity index (χ0v) is 24.4. The highest BCUT2D eigenvalue weighted by Crippen LogP contribution is 2.47. The van der Waals surface area contributed by atoms with Gasteiger partial charge in [0.15, 0.2) is 0 Å². The molecule has 0 unspecified atom stereocenters. The number of carbonyl (C=O) groups is 1. The highest BCUT2D eigenvalue weighted by molar-refractivity contribution is 7.99. The van der Waals surface area contributed by atoms with Gasteiger partial charge in [0, 0.05) is 71.9 Å². The smallest absolute Gasteiger partial charge is 0.350 e. The number of aryl methyl sites for hydroxylation is 2. The van der Waals surface area contributed by atoms with Gasteiger partial charge in [-0.25, -0.2) is 4.79 Å². The van der Waals surface area contributed by atoms with Crippen LogP contribution < -0.4 is 10.6 Å². The second-order valence-electron chi connectivity index (χ2n) is 10.9. The van der Waals surface area contributed by atoms with Gasteiger partial charge in [-0.2, -0.15) is 10.1 Å². The number of rotatable bonds is 5. The zero-order valence-electron chi connectivity index (χ0n) is 23.5. The molecule has 0 N–H and O–H groups in total. The van der Waals surface area contributed by atoms with Crippen LogP contribution in [-0.4, -0.2) is 74.8 Å². The highest BCUT2D eigenvalue weighted by atomic mass is 32.2. The number of ether oxygens (including phenoxy) is 1. The minimum absolute atomic E-state index is 0.0250. The first-order valence-electron chi connectivity index (χ1n) is 13.6. The van der Waals surface area contributed by atoms with E-state index in [0.29, 0.717) is 31.3 Å². The molecule has 6 rings (SSSR count). The number of carbonyl (C=O) groups excluding carboxylic acids is 1. The van der Waals surface area contributed by atoms with E-state index >= 15 is 0 Å². The minimum atomic E-state index is -0.274. The fraction of sp³-hybridized carbons (Fsp3) is 0.400. The maximum absolute atomic E-state index is 13.8. The van der Waals surface area contributed by atoms with Crippen LogP contribution in [0.15, 0.2) is 52.8 Å². The third-order valence-electron chi connectivity index (χ3n) is 8.23. The van der Waals surface area contributed by atoms with Crippen LogP contribution in [0.1, 0.15) is 25.5 Å². The molecular formula is C30H34N6O3S. The number of fused-ring (bicyclic) bond motifs is 1. The fourth-order valence-corrected chi connectivity index (χ4v) is 7.73. The number of hydrogen-bond acceptors (Lipinski definition) is 7. The van der Waals surface area contributed by atoms with Crippen LogP contribution in [0.2, 0.25) is 0 Å². The lowest BCUT2D eigenvalue weighted by molar-refractivity contribution is -0.128. The Hall–Kier alpha value is -3.63. The van der Waals surface area contributed by atoms with E-state index in [1.54, 1.807) is 18.9 Å². The molecule has 0 saturated carbocycles. The Bertz CT molecular complexity index is 1730. The molecule has 1 fully saturated rings. The van der Waals surface area contributed by atoms with Crippen molar-refractivity contribution in [3.05, 3.63) is 59.2 Å². The predicted molar refractivity (Wildman–Crippen MR) is 160 cm³/mol. The van der Waals surface area contributed by atoms with Gasteiger partial charge in [0.05, 0.1) is 29.9 Å². The third-order valence-corrected chi connectivity index (χ3v) is 9.47. The summed E-state index contributed by atoms with van der Waals surface area (Å²) in [5.41, 5.74) is 5.02. The predicted octanol–water partition coefficient (Wildman–Crippen LogP) is 4.16. The molecule has 4 heterocycles. The lowest BCUT2D eigenvalue weighted by Crippen LogP contribution is -2.58. The molecule has 2 aliphatic heterocycles. The van der Waals surface area contributed by atoms with E-state index in [1.165, 1.54) is 6.08 Å². The first-order chi connectivity index (χ1) is 19.2.